The van der Waals surface area contributed by atoms with Gasteiger partial charge in [-0.3, -0.25) is 4.79 Å². The Morgan fingerprint density at radius 3 is 2.86 bits per heavy atom. The second-order valence-electron chi connectivity index (χ2n) is 8.84. The number of ether oxygens (including phenoxy) is 2. The van der Waals surface area contributed by atoms with Gasteiger partial charge in [-0.1, -0.05) is 12.1 Å². The Morgan fingerprint density at radius 2 is 2.18 bits per heavy atom. The molecular formula is C22H28N2O4. The zero-order valence-electron chi connectivity index (χ0n) is 17.0. The molecule has 150 valence electrons. The Kier molecular flexibility index (Phi) is 3.69. The summed E-state index contributed by atoms with van der Waals surface area (Å²) in [5, 5.41) is 13.9. The number of methoxy groups -OCH3 is 2. The average Bonchev–Trinajstić information content (AvgIpc) is 2.97. The van der Waals surface area contributed by atoms with Crippen molar-refractivity contribution in [2.45, 2.75) is 37.3 Å². The van der Waals surface area contributed by atoms with Crippen LogP contribution in [-0.2, 0) is 14.9 Å². The van der Waals surface area contributed by atoms with Gasteiger partial charge in [0.15, 0.2) is 0 Å². The fourth-order valence-electron chi connectivity index (χ4n) is 7.04. The van der Waals surface area contributed by atoms with Crippen LogP contribution in [0.15, 0.2) is 29.8 Å². The van der Waals surface area contributed by atoms with Crippen molar-refractivity contribution in [2.75, 3.05) is 39.3 Å². The third-order valence-corrected chi connectivity index (χ3v) is 8.11. The lowest BCUT2D eigenvalue weighted by Gasteiger charge is -2.68. The Morgan fingerprint density at radius 1 is 1.39 bits per heavy atom. The van der Waals surface area contributed by atoms with Gasteiger partial charge in [0.2, 0.25) is 0 Å². The fourth-order valence-corrected chi connectivity index (χ4v) is 7.04. The SMILES string of the molecule is C/C=C1/C[N+]2([O-])CC[C@@]34c5ccc(OC)cc5N(C)[C@H]3[C@@H]2C[C@@H]1[C@H]4C(=O)OC. The van der Waals surface area contributed by atoms with E-state index in [1.807, 2.05) is 13.0 Å². The number of allylic oxidation sites excluding steroid dienone is 1. The molecule has 3 aliphatic heterocycles. The predicted octanol–water partition coefficient (Wildman–Crippen LogP) is 2.61. The van der Waals surface area contributed by atoms with E-state index in [2.05, 4.69) is 30.2 Å². The van der Waals surface area contributed by atoms with E-state index < -0.39 is 0 Å². The van der Waals surface area contributed by atoms with Crippen LogP contribution in [0.4, 0.5) is 5.69 Å². The third-order valence-electron chi connectivity index (χ3n) is 8.11. The van der Waals surface area contributed by atoms with Crippen LogP contribution in [0.25, 0.3) is 0 Å². The molecule has 0 aromatic heterocycles. The molecule has 3 fully saturated rings. The Labute approximate surface area is 165 Å². The average molecular weight is 384 g/mol. The summed E-state index contributed by atoms with van der Waals surface area (Å²) < 4.78 is 10.7. The van der Waals surface area contributed by atoms with E-state index >= 15 is 0 Å². The van der Waals surface area contributed by atoms with E-state index in [0.29, 0.717) is 19.5 Å². The Bertz CT molecular complexity index is 883. The number of anilines is 1. The van der Waals surface area contributed by atoms with Crippen molar-refractivity contribution in [2.24, 2.45) is 11.8 Å². The number of hydrogen-bond acceptors (Lipinski definition) is 5. The highest BCUT2D eigenvalue weighted by molar-refractivity contribution is 5.80. The van der Waals surface area contributed by atoms with E-state index in [-0.39, 0.29) is 40.0 Å². The molecule has 1 unspecified atom stereocenters. The minimum atomic E-state index is -0.377. The van der Waals surface area contributed by atoms with Crippen LogP contribution in [0.2, 0.25) is 0 Å². The quantitative estimate of drug-likeness (QED) is 0.339. The standard InChI is InChI=1S/C22H28N2O4/c1-5-13-12-24(26)9-8-22-16-7-6-14(27-3)10-17(16)23(2)20(22)18(24)11-15(13)19(22)21(25)28-4/h5-7,10,15,18-20H,8-9,11-12H2,1-4H3/b13-5-/t15-,18-,19-,20-,22-,24?/m0/s1. The minimum absolute atomic E-state index is 0.0135. The molecule has 3 heterocycles. The molecule has 0 spiro atoms. The summed E-state index contributed by atoms with van der Waals surface area (Å²) in [5.41, 5.74) is 3.01. The van der Waals surface area contributed by atoms with Gasteiger partial charge in [0.05, 0.1) is 32.7 Å². The molecule has 0 radical (unpaired) electrons. The summed E-state index contributed by atoms with van der Waals surface area (Å²) >= 11 is 0. The normalized spacial score (nSPS) is 41.6. The number of rotatable bonds is 2. The summed E-state index contributed by atoms with van der Waals surface area (Å²) in [4.78, 5) is 15.4. The molecule has 3 bridgehead atoms. The number of benzene rings is 1. The number of carbonyl (C=O) groups is 1. The van der Waals surface area contributed by atoms with Gasteiger partial charge >= 0.3 is 5.97 Å². The molecule has 6 atom stereocenters. The molecule has 0 amide bonds. The number of carbonyl (C=O) groups excluding carboxylic acids is 1. The smallest absolute Gasteiger partial charge is 0.310 e. The van der Waals surface area contributed by atoms with Crippen LogP contribution in [0.3, 0.4) is 0 Å². The van der Waals surface area contributed by atoms with Gasteiger partial charge in [-0.25, -0.2) is 0 Å². The van der Waals surface area contributed by atoms with Gasteiger partial charge in [-0.05, 0) is 24.1 Å². The van der Waals surface area contributed by atoms with Crippen molar-refractivity contribution in [1.29, 1.82) is 0 Å². The van der Waals surface area contributed by atoms with Gasteiger partial charge in [0, 0.05) is 43.0 Å². The lowest BCUT2D eigenvalue weighted by atomic mass is 9.50. The lowest BCUT2D eigenvalue weighted by Crippen LogP contribution is -2.77. The van der Waals surface area contributed by atoms with Crippen LogP contribution < -0.4 is 9.64 Å². The number of quaternary nitrogens is 1. The van der Waals surface area contributed by atoms with Crippen molar-refractivity contribution >= 4 is 11.7 Å². The summed E-state index contributed by atoms with van der Waals surface area (Å²) in [6.45, 7) is 3.05. The Balaban J connectivity index is 1.78. The molecule has 4 aliphatic rings. The summed E-state index contributed by atoms with van der Waals surface area (Å²) in [6.07, 6.45) is 3.54. The van der Waals surface area contributed by atoms with E-state index in [1.165, 1.54) is 12.7 Å². The van der Waals surface area contributed by atoms with Gasteiger partial charge in [-0.15, -0.1) is 0 Å². The number of fused-ring (bicyclic) bond motifs is 2. The molecule has 28 heavy (non-hydrogen) atoms. The number of nitrogens with zero attached hydrogens (tertiary/aromatic N) is 2. The lowest BCUT2D eigenvalue weighted by molar-refractivity contribution is -0.916. The van der Waals surface area contributed by atoms with Crippen molar-refractivity contribution in [3.63, 3.8) is 0 Å². The molecule has 6 heteroatoms. The highest BCUT2D eigenvalue weighted by atomic mass is 16.5. The van der Waals surface area contributed by atoms with Crippen LogP contribution >= 0.6 is 0 Å². The molecule has 0 N–H and O–H groups in total. The van der Waals surface area contributed by atoms with E-state index in [4.69, 9.17) is 9.47 Å². The molecule has 6 nitrogen and oxygen atoms in total. The van der Waals surface area contributed by atoms with Crippen LogP contribution in [0.1, 0.15) is 25.3 Å². The largest absolute Gasteiger partial charge is 0.632 e. The van der Waals surface area contributed by atoms with Crippen LogP contribution in [0, 0.1) is 17.0 Å². The second-order valence-corrected chi connectivity index (χ2v) is 8.84. The second kappa shape index (κ2) is 5.74. The maximum atomic E-state index is 13.9. The minimum Gasteiger partial charge on any atom is -0.632 e. The van der Waals surface area contributed by atoms with Gasteiger partial charge < -0.3 is 24.2 Å². The van der Waals surface area contributed by atoms with E-state index in [0.717, 1.165) is 23.4 Å². The molecular weight excluding hydrogens is 356 g/mol. The first-order valence-corrected chi connectivity index (χ1v) is 10.1. The number of likely N-dealkylation sites (N-methyl/N-ethyl adjacent to an activating group) is 1. The van der Waals surface area contributed by atoms with Crippen molar-refractivity contribution in [1.82, 2.24) is 0 Å². The summed E-state index contributed by atoms with van der Waals surface area (Å²) in [6, 6.07) is 6.13. The fraction of sp³-hybridized carbons (Fsp3) is 0.591. The number of hydroxylamine groups is 3. The Hall–Kier alpha value is -2.05. The molecule has 1 aliphatic carbocycles. The van der Waals surface area contributed by atoms with E-state index in [9.17, 15) is 10.0 Å². The monoisotopic (exact) mass is 384 g/mol. The zero-order valence-corrected chi connectivity index (χ0v) is 17.0. The molecule has 1 aromatic carbocycles. The summed E-state index contributed by atoms with van der Waals surface area (Å²) in [7, 11) is 5.22. The molecule has 1 aromatic rings. The number of hydrogen-bond donors (Lipinski definition) is 0. The maximum absolute atomic E-state index is 13.9. The third kappa shape index (κ3) is 1.93. The van der Waals surface area contributed by atoms with Gasteiger partial charge in [-0.2, -0.15) is 0 Å². The first kappa shape index (κ1) is 18.0. The highest BCUT2D eigenvalue weighted by Crippen LogP contribution is 2.65. The van der Waals surface area contributed by atoms with Gasteiger partial charge in [0.1, 0.15) is 18.3 Å². The molecule has 2 saturated heterocycles. The first-order valence-electron chi connectivity index (χ1n) is 10.1. The van der Waals surface area contributed by atoms with Gasteiger partial charge in [0.25, 0.3) is 0 Å². The highest BCUT2D eigenvalue weighted by Gasteiger charge is 2.72. The van der Waals surface area contributed by atoms with Crippen molar-refractivity contribution < 1.29 is 18.9 Å². The molecule has 1 saturated carbocycles. The first-order chi connectivity index (χ1) is 13.4. The number of esters is 1. The van der Waals surface area contributed by atoms with Crippen molar-refractivity contribution in [3.8, 4) is 5.75 Å². The van der Waals surface area contributed by atoms with Crippen molar-refractivity contribution in [3.05, 3.63) is 40.6 Å². The van der Waals surface area contributed by atoms with Crippen LogP contribution in [-0.4, -0.2) is 57.1 Å². The maximum Gasteiger partial charge on any atom is 0.310 e. The predicted molar refractivity (Wildman–Crippen MR) is 106 cm³/mol. The topological polar surface area (TPSA) is 61.8 Å². The van der Waals surface area contributed by atoms with E-state index in [1.54, 1.807) is 7.11 Å². The zero-order chi connectivity index (χ0) is 19.8. The summed E-state index contributed by atoms with van der Waals surface area (Å²) in [5.74, 6) is 0.489. The molecule has 5 rings (SSSR count). The van der Waals surface area contributed by atoms with Crippen LogP contribution in [0.5, 0.6) is 5.75 Å². The number of piperidine rings is 2.